The van der Waals surface area contributed by atoms with Crippen LogP contribution < -0.4 is 14.8 Å². The summed E-state index contributed by atoms with van der Waals surface area (Å²) in [7, 11) is -0.918. The van der Waals surface area contributed by atoms with Gasteiger partial charge in [0.25, 0.3) is 0 Å². The van der Waals surface area contributed by atoms with Crippen molar-refractivity contribution in [1.82, 2.24) is 9.62 Å². The van der Waals surface area contributed by atoms with Crippen molar-refractivity contribution >= 4 is 39.1 Å². The van der Waals surface area contributed by atoms with Gasteiger partial charge in [0, 0.05) is 23.1 Å². The van der Waals surface area contributed by atoms with Gasteiger partial charge < -0.3 is 14.8 Å². The number of amides is 1. The number of rotatable bonds is 10. The van der Waals surface area contributed by atoms with Crippen molar-refractivity contribution in [3.8, 4) is 11.5 Å². The average Bonchev–Trinajstić information content (AvgIpc) is 2.83. The minimum atomic E-state index is -3.98. The monoisotopic (exact) mass is 522 g/mol. The lowest BCUT2D eigenvalue weighted by Crippen LogP contribution is -2.40. The van der Waals surface area contributed by atoms with Crippen molar-refractivity contribution in [3.05, 3.63) is 87.9 Å². The summed E-state index contributed by atoms with van der Waals surface area (Å²) in [6.45, 7) is -0.193. The zero-order valence-corrected chi connectivity index (χ0v) is 21.0. The van der Waals surface area contributed by atoms with Gasteiger partial charge in [-0.3, -0.25) is 4.79 Å². The minimum absolute atomic E-state index is 0.00803. The van der Waals surface area contributed by atoms with Crippen LogP contribution >= 0.6 is 23.2 Å². The number of halogens is 2. The Labute approximate surface area is 209 Å². The van der Waals surface area contributed by atoms with E-state index in [1.54, 1.807) is 42.5 Å². The van der Waals surface area contributed by atoms with Crippen LogP contribution in [0.15, 0.2) is 71.6 Å². The molecule has 0 saturated carbocycles. The quantitative estimate of drug-likeness (QED) is 0.423. The summed E-state index contributed by atoms with van der Waals surface area (Å²) in [5.41, 5.74) is 1.46. The van der Waals surface area contributed by atoms with E-state index in [4.69, 9.17) is 32.7 Å². The highest BCUT2D eigenvalue weighted by molar-refractivity contribution is 7.89. The average molecular weight is 523 g/mol. The molecule has 0 aliphatic rings. The maximum Gasteiger partial charge on any atom is 0.243 e. The summed E-state index contributed by atoms with van der Waals surface area (Å²) in [5, 5.41) is 3.71. The first-order valence-corrected chi connectivity index (χ1v) is 12.4. The van der Waals surface area contributed by atoms with Crippen LogP contribution in [0.5, 0.6) is 11.5 Å². The number of hydrogen-bond donors (Lipinski definition) is 1. The Morgan fingerprint density at radius 1 is 0.853 bits per heavy atom. The van der Waals surface area contributed by atoms with E-state index in [-0.39, 0.29) is 24.5 Å². The zero-order valence-electron chi connectivity index (χ0n) is 18.6. The Hall–Kier alpha value is -2.78. The predicted molar refractivity (Wildman–Crippen MR) is 132 cm³/mol. The molecule has 3 rings (SSSR count). The van der Waals surface area contributed by atoms with Gasteiger partial charge in [-0.1, -0.05) is 41.4 Å². The SMILES string of the molecule is COc1ccc(CNC(=O)CN(Cc2ccc(Cl)cc2)S(=O)(=O)c2ccc(Cl)cc2)cc1OC. The van der Waals surface area contributed by atoms with Gasteiger partial charge in [-0.2, -0.15) is 4.31 Å². The van der Waals surface area contributed by atoms with Crippen LogP contribution in [-0.4, -0.2) is 39.4 Å². The smallest absolute Gasteiger partial charge is 0.243 e. The van der Waals surface area contributed by atoms with E-state index in [2.05, 4.69) is 5.32 Å². The van der Waals surface area contributed by atoms with Crippen LogP contribution in [0.4, 0.5) is 0 Å². The van der Waals surface area contributed by atoms with Crippen molar-refractivity contribution in [2.75, 3.05) is 20.8 Å². The Bertz CT molecular complexity index is 1230. The lowest BCUT2D eigenvalue weighted by Gasteiger charge is -2.22. The number of nitrogens with zero attached hydrogens (tertiary/aromatic N) is 1. The summed E-state index contributed by atoms with van der Waals surface area (Å²) < 4.78 is 38.3. The number of ether oxygens (including phenoxy) is 2. The number of benzene rings is 3. The van der Waals surface area contributed by atoms with E-state index in [0.717, 1.165) is 9.87 Å². The molecule has 0 atom stereocenters. The van der Waals surface area contributed by atoms with Gasteiger partial charge in [-0.05, 0) is 59.7 Å². The molecule has 0 aliphatic heterocycles. The second kappa shape index (κ2) is 11.6. The normalized spacial score (nSPS) is 11.3. The molecule has 0 aromatic heterocycles. The third kappa shape index (κ3) is 6.64. The Morgan fingerprint density at radius 2 is 1.41 bits per heavy atom. The summed E-state index contributed by atoms with van der Waals surface area (Å²) in [5.74, 6) is 0.644. The molecule has 7 nitrogen and oxygen atoms in total. The van der Waals surface area contributed by atoms with Gasteiger partial charge >= 0.3 is 0 Å². The van der Waals surface area contributed by atoms with E-state index in [1.807, 2.05) is 0 Å². The predicted octanol–water partition coefficient (Wildman–Crippen LogP) is 4.52. The van der Waals surface area contributed by atoms with Gasteiger partial charge in [0.15, 0.2) is 11.5 Å². The van der Waals surface area contributed by atoms with Crippen LogP contribution in [0.1, 0.15) is 11.1 Å². The highest BCUT2D eigenvalue weighted by atomic mass is 35.5. The van der Waals surface area contributed by atoms with Crippen LogP contribution in [0.3, 0.4) is 0 Å². The number of sulfonamides is 1. The highest BCUT2D eigenvalue weighted by Gasteiger charge is 2.27. The first-order chi connectivity index (χ1) is 16.2. The number of methoxy groups -OCH3 is 2. The van der Waals surface area contributed by atoms with Gasteiger partial charge in [-0.15, -0.1) is 0 Å². The zero-order chi connectivity index (χ0) is 24.7. The molecule has 34 heavy (non-hydrogen) atoms. The van der Waals surface area contributed by atoms with Crippen LogP contribution in [0, 0.1) is 0 Å². The molecule has 3 aromatic rings. The van der Waals surface area contributed by atoms with E-state index in [0.29, 0.717) is 27.1 Å². The molecular formula is C24H24Cl2N2O5S. The van der Waals surface area contributed by atoms with E-state index >= 15 is 0 Å². The van der Waals surface area contributed by atoms with Crippen molar-refractivity contribution in [3.63, 3.8) is 0 Å². The van der Waals surface area contributed by atoms with E-state index < -0.39 is 15.9 Å². The largest absolute Gasteiger partial charge is 0.493 e. The molecule has 0 saturated heterocycles. The topological polar surface area (TPSA) is 84.9 Å². The molecule has 0 aliphatic carbocycles. The first kappa shape index (κ1) is 25.8. The maximum atomic E-state index is 13.3. The molecular weight excluding hydrogens is 499 g/mol. The summed E-state index contributed by atoms with van der Waals surface area (Å²) in [6.07, 6.45) is 0. The molecule has 0 heterocycles. The molecule has 10 heteroatoms. The number of hydrogen-bond acceptors (Lipinski definition) is 5. The van der Waals surface area contributed by atoms with Crippen LogP contribution in [-0.2, 0) is 27.9 Å². The minimum Gasteiger partial charge on any atom is -0.493 e. The lowest BCUT2D eigenvalue weighted by molar-refractivity contribution is -0.121. The number of nitrogens with one attached hydrogen (secondary N) is 1. The molecule has 180 valence electrons. The Morgan fingerprint density at radius 3 is 2.00 bits per heavy atom. The van der Waals surface area contributed by atoms with Crippen molar-refractivity contribution in [1.29, 1.82) is 0 Å². The molecule has 0 fully saturated rings. The number of carbonyl (C=O) groups is 1. The van der Waals surface area contributed by atoms with E-state index in [9.17, 15) is 13.2 Å². The lowest BCUT2D eigenvalue weighted by atomic mass is 10.2. The second-order valence-electron chi connectivity index (χ2n) is 7.32. The summed E-state index contributed by atoms with van der Waals surface area (Å²) in [4.78, 5) is 12.8. The van der Waals surface area contributed by atoms with Crippen LogP contribution in [0.25, 0.3) is 0 Å². The Balaban J connectivity index is 1.78. The summed E-state index contributed by atoms with van der Waals surface area (Å²) >= 11 is 11.9. The van der Waals surface area contributed by atoms with Crippen molar-refractivity contribution in [2.24, 2.45) is 0 Å². The van der Waals surface area contributed by atoms with Gasteiger partial charge in [0.1, 0.15) is 0 Å². The fraction of sp³-hybridized carbons (Fsp3) is 0.208. The molecule has 0 spiro atoms. The fourth-order valence-electron chi connectivity index (χ4n) is 3.18. The molecule has 0 unspecified atom stereocenters. The standard InChI is InChI=1S/C24H24Cl2N2O5S/c1-32-22-12-5-18(13-23(22)33-2)14-27-24(29)16-28(15-17-3-6-19(25)7-4-17)34(30,31)21-10-8-20(26)9-11-21/h3-13H,14-16H2,1-2H3,(H,27,29). The molecule has 0 radical (unpaired) electrons. The van der Waals surface area contributed by atoms with Gasteiger partial charge in [-0.25, -0.2) is 8.42 Å². The third-order valence-electron chi connectivity index (χ3n) is 4.98. The van der Waals surface area contributed by atoms with E-state index in [1.165, 1.54) is 38.5 Å². The molecule has 3 aromatic carbocycles. The first-order valence-electron chi connectivity index (χ1n) is 10.2. The number of carbonyl (C=O) groups excluding carboxylic acids is 1. The highest BCUT2D eigenvalue weighted by Crippen LogP contribution is 2.27. The van der Waals surface area contributed by atoms with Crippen molar-refractivity contribution < 1.29 is 22.7 Å². The molecule has 1 N–H and O–H groups in total. The summed E-state index contributed by atoms with van der Waals surface area (Å²) in [6, 6.07) is 17.8. The Kier molecular flexibility index (Phi) is 8.79. The van der Waals surface area contributed by atoms with Gasteiger partial charge in [0.2, 0.25) is 15.9 Å². The molecule has 1 amide bonds. The third-order valence-corrected chi connectivity index (χ3v) is 7.29. The second-order valence-corrected chi connectivity index (χ2v) is 10.1. The molecule has 0 bridgehead atoms. The fourth-order valence-corrected chi connectivity index (χ4v) is 4.82. The van der Waals surface area contributed by atoms with Crippen molar-refractivity contribution in [2.45, 2.75) is 18.0 Å². The van der Waals surface area contributed by atoms with Crippen LogP contribution in [0.2, 0.25) is 10.0 Å². The maximum absolute atomic E-state index is 13.3. The van der Waals surface area contributed by atoms with Gasteiger partial charge in [0.05, 0.1) is 25.7 Å².